The molecule has 1 heterocycles. The molecule has 0 spiro atoms. The molecule has 3 aromatic rings. The van der Waals surface area contributed by atoms with Gasteiger partial charge in [-0.05, 0) is 29.8 Å². The smallest absolute Gasteiger partial charge is 0.189 e. The minimum absolute atomic E-state index is 0.460. The summed E-state index contributed by atoms with van der Waals surface area (Å²) in [6, 6.07) is 14.6. The van der Waals surface area contributed by atoms with Crippen molar-refractivity contribution < 1.29 is 4.79 Å². The SMILES string of the molecule is Nc1ccc(Nc2nc(N)c(-c3ccc(C=O)cc3)s2)cc1. The Morgan fingerprint density at radius 2 is 1.68 bits per heavy atom. The second kappa shape index (κ2) is 5.87. The van der Waals surface area contributed by atoms with E-state index >= 15 is 0 Å². The Kier molecular flexibility index (Phi) is 3.76. The molecule has 0 atom stereocenters. The predicted octanol–water partition coefficient (Wildman–Crippen LogP) is 3.53. The number of carbonyl (C=O) groups excluding carboxylic acids is 1. The maximum absolute atomic E-state index is 10.7. The minimum atomic E-state index is 0.460. The molecule has 1 aromatic heterocycles. The zero-order valence-electron chi connectivity index (χ0n) is 11.6. The summed E-state index contributed by atoms with van der Waals surface area (Å²) in [5, 5.41) is 3.91. The van der Waals surface area contributed by atoms with Crippen LogP contribution >= 0.6 is 11.3 Å². The van der Waals surface area contributed by atoms with Crippen molar-refractivity contribution in [2.45, 2.75) is 0 Å². The zero-order chi connectivity index (χ0) is 15.5. The second-order valence-corrected chi connectivity index (χ2v) is 5.72. The average Bonchev–Trinajstić information content (AvgIpc) is 2.90. The fraction of sp³-hybridized carbons (Fsp3) is 0. The van der Waals surface area contributed by atoms with Gasteiger partial charge in [0.1, 0.15) is 12.1 Å². The van der Waals surface area contributed by atoms with E-state index < -0.39 is 0 Å². The van der Waals surface area contributed by atoms with Crippen LogP contribution in [0.2, 0.25) is 0 Å². The van der Waals surface area contributed by atoms with Gasteiger partial charge >= 0.3 is 0 Å². The summed E-state index contributed by atoms with van der Waals surface area (Å²) in [4.78, 5) is 15.9. The predicted molar refractivity (Wildman–Crippen MR) is 91.5 cm³/mol. The summed E-state index contributed by atoms with van der Waals surface area (Å²) in [5.41, 5.74) is 14.8. The molecule has 0 aliphatic rings. The Morgan fingerprint density at radius 3 is 2.32 bits per heavy atom. The van der Waals surface area contributed by atoms with Crippen molar-refractivity contribution in [2.75, 3.05) is 16.8 Å². The number of nitrogen functional groups attached to an aromatic ring is 2. The summed E-state index contributed by atoms with van der Waals surface area (Å²) in [6.07, 6.45) is 0.813. The Labute approximate surface area is 131 Å². The highest BCUT2D eigenvalue weighted by Gasteiger charge is 2.10. The van der Waals surface area contributed by atoms with Crippen molar-refractivity contribution >= 4 is 39.9 Å². The lowest BCUT2D eigenvalue weighted by molar-refractivity contribution is 0.112. The molecular formula is C16H14N4OS. The number of nitrogens with one attached hydrogen (secondary N) is 1. The third-order valence-electron chi connectivity index (χ3n) is 3.12. The average molecular weight is 310 g/mol. The van der Waals surface area contributed by atoms with E-state index in [0.29, 0.717) is 22.2 Å². The molecule has 0 aliphatic heterocycles. The number of nitrogens with two attached hydrogens (primary N) is 2. The Balaban J connectivity index is 1.86. The van der Waals surface area contributed by atoms with Crippen molar-refractivity contribution in [3.8, 4) is 10.4 Å². The molecule has 0 radical (unpaired) electrons. The molecule has 2 aromatic carbocycles. The van der Waals surface area contributed by atoms with E-state index in [4.69, 9.17) is 11.5 Å². The third-order valence-corrected chi connectivity index (χ3v) is 4.16. The molecule has 0 saturated carbocycles. The Hall–Kier alpha value is -2.86. The molecule has 5 N–H and O–H groups in total. The van der Waals surface area contributed by atoms with E-state index in [1.807, 2.05) is 36.4 Å². The number of carbonyl (C=O) groups is 1. The number of nitrogens with zero attached hydrogens (tertiary/aromatic N) is 1. The normalized spacial score (nSPS) is 10.4. The van der Waals surface area contributed by atoms with Crippen LogP contribution in [0.3, 0.4) is 0 Å². The molecule has 0 saturated heterocycles. The van der Waals surface area contributed by atoms with Crippen molar-refractivity contribution in [3.63, 3.8) is 0 Å². The van der Waals surface area contributed by atoms with Gasteiger partial charge in [0.25, 0.3) is 0 Å². The number of aromatic nitrogens is 1. The third kappa shape index (κ3) is 2.91. The first-order valence-corrected chi connectivity index (χ1v) is 7.42. The van der Waals surface area contributed by atoms with Crippen molar-refractivity contribution in [3.05, 3.63) is 54.1 Å². The molecule has 5 nitrogen and oxygen atoms in total. The lowest BCUT2D eigenvalue weighted by Gasteiger charge is -2.02. The molecule has 6 heteroatoms. The van der Waals surface area contributed by atoms with E-state index in [1.165, 1.54) is 11.3 Å². The van der Waals surface area contributed by atoms with Gasteiger partial charge in [-0.1, -0.05) is 35.6 Å². The van der Waals surface area contributed by atoms with Crippen LogP contribution in [-0.4, -0.2) is 11.3 Å². The number of benzene rings is 2. The van der Waals surface area contributed by atoms with Crippen LogP contribution in [0, 0.1) is 0 Å². The standard InChI is InChI=1S/C16H14N4OS/c17-12-5-7-13(8-6-12)19-16-20-15(18)14(22-16)11-3-1-10(9-21)2-4-11/h1-9H,17-18H2,(H,19,20). The van der Waals surface area contributed by atoms with Gasteiger partial charge in [-0.25, -0.2) is 4.98 Å². The van der Waals surface area contributed by atoms with Crippen LogP contribution in [0.1, 0.15) is 10.4 Å². The zero-order valence-corrected chi connectivity index (χ0v) is 12.4. The summed E-state index contributed by atoms with van der Waals surface area (Å²) in [7, 11) is 0. The maximum atomic E-state index is 10.7. The van der Waals surface area contributed by atoms with Gasteiger partial charge in [-0.3, -0.25) is 4.79 Å². The molecule has 110 valence electrons. The first-order chi connectivity index (χ1) is 10.7. The highest BCUT2D eigenvalue weighted by molar-refractivity contribution is 7.19. The van der Waals surface area contributed by atoms with Gasteiger partial charge < -0.3 is 16.8 Å². The van der Waals surface area contributed by atoms with Crippen LogP contribution in [-0.2, 0) is 0 Å². The summed E-state index contributed by atoms with van der Waals surface area (Å²) >= 11 is 1.46. The number of rotatable bonds is 4. The van der Waals surface area contributed by atoms with Crippen molar-refractivity contribution in [1.29, 1.82) is 0 Å². The number of aldehydes is 1. The Bertz CT molecular complexity index is 794. The van der Waals surface area contributed by atoms with Gasteiger partial charge in [0, 0.05) is 16.9 Å². The molecule has 0 amide bonds. The fourth-order valence-electron chi connectivity index (χ4n) is 2.00. The van der Waals surface area contributed by atoms with Gasteiger partial charge in [0.05, 0.1) is 4.88 Å². The van der Waals surface area contributed by atoms with Gasteiger partial charge in [-0.2, -0.15) is 0 Å². The van der Waals surface area contributed by atoms with Crippen LogP contribution in [0.4, 0.5) is 22.3 Å². The lowest BCUT2D eigenvalue weighted by Crippen LogP contribution is -1.92. The van der Waals surface area contributed by atoms with Crippen LogP contribution < -0.4 is 16.8 Å². The molecule has 0 bridgehead atoms. The van der Waals surface area contributed by atoms with Crippen LogP contribution in [0.25, 0.3) is 10.4 Å². The highest BCUT2D eigenvalue weighted by Crippen LogP contribution is 2.36. The van der Waals surface area contributed by atoms with Gasteiger partial charge in [-0.15, -0.1) is 0 Å². The van der Waals surface area contributed by atoms with E-state index in [2.05, 4.69) is 10.3 Å². The molecular weight excluding hydrogens is 296 g/mol. The summed E-state index contributed by atoms with van der Waals surface area (Å²) in [6.45, 7) is 0. The number of anilines is 4. The molecule has 0 unspecified atom stereocenters. The van der Waals surface area contributed by atoms with Crippen LogP contribution in [0.15, 0.2) is 48.5 Å². The second-order valence-electron chi connectivity index (χ2n) is 4.72. The van der Waals surface area contributed by atoms with E-state index in [0.717, 1.165) is 22.4 Å². The molecule has 3 rings (SSSR count). The lowest BCUT2D eigenvalue weighted by atomic mass is 10.1. The highest BCUT2D eigenvalue weighted by atomic mass is 32.1. The number of hydrogen-bond donors (Lipinski definition) is 3. The largest absolute Gasteiger partial charge is 0.399 e. The van der Waals surface area contributed by atoms with E-state index in [-0.39, 0.29) is 0 Å². The fourth-order valence-corrected chi connectivity index (χ4v) is 2.91. The monoisotopic (exact) mass is 310 g/mol. The Morgan fingerprint density at radius 1 is 1.00 bits per heavy atom. The van der Waals surface area contributed by atoms with Crippen LogP contribution in [0.5, 0.6) is 0 Å². The minimum Gasteiger partial charge on any atom is -0.399 e. The summed E-state index contributed by atoms with van der Waals surface area (Å²) < 4.78 is 0. The number of thiazole rings is 1. The maximum Gasteiger partial charge on any atom is 0.189 e. The quantitative estimate of drug-likeness (QED) is 0.506. The van der Waals surface area contributed by atoms with Crippen molar-refractivity contribution in [2.24, 2.45) is 0 Å². The summed E-state index contributed by atoms with van der Waals surface area (Å²) in [5.74, 6) is 0.460. The molecule has 22 heavy (non-hydrogen) atoms. The van der Waals surface area contributed by atoms with E-state index in [1.54, 1.807) is 12.1 Å². The topological polar surface area (TPSA) is 94.0 Å². The van der Waals surface area contributed by atoms with E-state index in [9.17, 15) is 4.79 Å². The number of hydrogen-bond acceptors (Lipinski definition) is 6. The van der Waals surface area contributed by atoms with Gasteiger partial charge in [0.15, 0.2) is 5.13 Å². The first-order valence-electron chi connectivity index (χ1n) is 6.60. The molecule has 0 fully saturated rings. The van der Waals surface area contributed by atoms with Gasteiger partial charge in [0.2, 0.25) is 0 Å². The molecule has 0 aliphatic carbocycles. The van der Waals surface area contributed by atoms with Crippen molar-refractivity contribution in [1.82, 2.24) is 4.98 Å². The first kappa shape index (κ1) is 14.1.